The predicted molar refractivity (Wildman–Crippen MR) is 67.0 cm³/mol. The number of thioether (sulfide) groups is 1. The van der Waals surface area contributed by atoms with Gasteiger partial charge >= 0.3 is 0 Å². The lowest BCUT2D eigenvalue weighted by Gasteiger charge is -2.37. The molecule has 1 aliphatic rings. The van der Waals surface area contributed by atoms with E-state index in [-0.39, 0.29) is 17.9 Å². The first-order valence-corrected chi connectivity index (χ1v) is 6.52. The minimum Gasteiger partial charge on any atom is -0.395 e. The lowest BCUT2D eigenvalue weighted by molar-refractivity contribution is 0.0134. The lowest BCUT2D eigenvalue weighted by atomic mass is 9.99. The molecule has 1 saturated heterocycles. The molecular formula is C12H17NO3S. The van der Waals surface area contributed by atoms with Gasteiger partial charge < -0.3 is 20.6 Å². The van der Waals surface area contributed by atoms with Crippen LogP contribution in [0.2, 0.25) is 0 Å². The summed E-state index contributed by atoms with van der Waals surface area (Å²) in [6, 6.07) is 9.30. The summed E-state index contributed by atoms with van der Waals surface area (Å²) in [5, 5.41) is 31.7. The summed E-state index contributed by atoms with van der Waals surface area (Å²) in [6.07, 6.45) is -1.37. The van der Waals surface area contributed by atoms with E-state index in [4.69, 9.17) is 5.11 Å². The van der Waals surface area contributed by atoms with Crippen molar-refractivity contribution in [1.29, 1.82) is 0 Å². The number of aliphatic hydroxyl groups excluding tert-OH is 3. The van der Waals surface area contributed by atoms with Gasteiger partial charge in [-0.05, 0) is 12.1 Å². The van der Waals surface area contributed by atoms with Gasteiger partial charge in [0.05, 0.1) is 30.1 Å². The van der Waals surface area contributed by atoms with Gasteiger partial charge in [-0.3, -0.25) is 0 Å². The van der Waals surface area contributed by atoms with Crippen LogP contribution in [0.4, 0.5) is 0 Å². The zero-order valence-electron chi connectivity index (χ0n) is 9.36. The highest BCUT2D eigenvalue weighted by Crippen LogP contribution is 2.30. The van der Waals surface area contributed by atoms with Gasteiger partial charge in [0, 0.05) is 11.4 Å². The van der Waals surface area contributed by atoms with Crippen LogP contribution in [0.25, 0.3) is 0 Å². The average molecular weight is 255 g/mol. The standard InChI is InChI=1S/C12H17NO3S/c14-7-9-11(16)12(10(15)6-13-9)17-8-4-2-1-3-5-8/h1-5,9-16H,6-7H2/t9-,10-,11-,12+/m1/s1. The second kappa shape index (κ2) is 5.84. The maximum atomic E-state index is 10.1. The van der Waals surface area contributed by atoms with E-state index < -0.39 is 12.2 Å². The van der Waals surface area contributed by atoms with Gasteiger partial charge in [-0.15, -0.1) is 11.8 Å². The summed E-state index contributed by atoms with van der Waals surface area (Å²) in [4.78, 5) is 1.01. The molecule has 94 valence electrons. The van der Waals surface area contributed by atoms with Gasteiger partial charge in [0.15, 0.2) is 0 Å². The normalized spacial score (nSPS) is 33.6. The number of rotatable bonds is 3. The van der Waals surface area contributed by atoms with Crippen LogP contribution in [0.3, 0.4) is 0 Å². The van der Waals surface area contributed by atoms with Crippen molar-refractivity contribution in [1.82, 2.24) is 5.32 Å². The van der Waals surface area contributed by atoms with Crippen molar-refractivity contribution >= 4 is 11.8 Å². The number of β-amino-alcohol motifs (C(OH)–C–C–N with tert-alkyl or cyclic N) is 1. The minimum atomic E-state index is -0.756. The van der Waals surface area contributed by atoms with Crippen molar-refractivity contribution in [3.63, 3.8) is 0 Å². The Morgan fingerprint density at radius 2 is 1.94 bits per heavy atom. The van der Waals surface area contributed by atoms with Crippen molar-refractivity contribution in [2.24, 2.45) is 0 Å². The Morgan fingerprint density at radius 1 is 1.24 bits per heavy atom. The number of nitrogens with one attached hydrogen (secondary N) is 1. The molecule has 0 spiro atoms. The third kappa shape index (κ3) is 3.00. The molecule has 0 aliphatic carbocycles. The SMILES string of the molecule is OC[C@H]1NC[C@@H](O)[C@H](Sc2ccccc2)[C@@H]1O. The number of aliphatic hydroxyl groups is 3. The highest BCUT2D eigenvalue weighted by atomic mass is 32.2. The molecule has 0 bridgehead atoms. The fourth-order valence-electron chi connectivity index (χ4n) is 1.94. The Bertz CT molecular complexity index is 349. The smallest absolute Gasteiger partial charge is 0.0863 e. The molecule has 4 nitrogen and oxygen atoms in total. The van der Waals surface area contributed by atoms with Crippen LogP contribution in [0.5, 0.6) is 0 Å². The maximum Gasteiger partial charge on any atom is 0.0863 e. The molecule has 1 aromatic carbocycles. The second-order valence-electron chi connectivity index (χ2n) is 4.15. The molecule has 17 heavy (non-hydrogen) atoms. The van der Waals surface area contributed by atoms with Crippen LogP contribution in [0.1, 0.15) is 0 Å². The first-order chi connectivity index (χ1) is 8.22. The van der Waals surface area contributed by atoms with E-state index in [0.29, 0.717) is 6.54 Å². The maximum absolute atomic E-state index is 10.1. The number of benzene rings is 1. The molecule has 0 unspecified atom stereocenters. The Hall–Kier alpha value is -0.590. The van der Waals surface area contributed by atoms with E-state index in [2.05, 4.69) is 5.32 Å². The topological polar surface area (TPSA) is 72.7 Å². The molecule has 5 heteroatoms. The summed E-state index contributed by atoms with van der Waals surface area (Å²) < 4.78 is 0. The van der Waals surface area contributed by atoms with E-state index in [9.17, 15) is 10.2 Å². The molecule has 0 saturated carbocycles. The van der Waals surface area contributed by atoms with Gasteiger partial charge in [-0.2, -0.15) is 0 Å². The van der Waals surface area contributed by atoms with Gasteiger partial charge in [-0.25, -0.2) is 0 Å². The molecule has 1 aromatic rings. The third-order valence-corrected chi connectivity index (χ3v) is 4.34. The largest absolute Gasteiger partial charge is 0.395 e. The first-order valence-electron chi connectivity index (χ1n) is 5.64. The molecule has 0 radical (unpaired) electrons. The Kier molecular flexibility index (Phi) is 4.42. The van der Waals surface area contributed by atoms with Crippen LogP contribution in [-0.2, 0) is 0 Å². The summed E-state index contributed by atoms with van der Waals surface area (Å²) in [5.41, 5.74) is 0. The zero-order valence-corrected chi connectivity index (χ0v) is 10.2. The van der Waals surface area contributed by atoms with E-state index in [0.717, 1.165) is 4.90 Å². The number of hydrogen-bond donors (Lipinski definition) is 4. The van der Waals surface area contributed by atoms with Gasteiger partial charge in [-0.1, -0.05) is 18.2 Å². The molecular weight excluding hydrogens is 238 g/mol. The van der Waals surface area contributed by atoms with Gasteiger partial charge in [0.2, 0.25) is 0 Å². The van der Waals surface area contributed by atoms with Crippen molar-refractivity contribution in [2.75, 3.05) is 13.2 Å². The summed E-state index contributed by atoms with van der Waals surface area (Å²) in [5.74, 6) is 0. The lowest BCUT2D eigenvalue weighted by Crippen LogP contribution is -2.59. The first kappa shape index (κ1) is 12.9. The highest BCUT2D eigenvalue weighted by Gasteiger charge is 2.37. The Balaban J connectivity index is 2.07. The van der Waals surface area contributed by atoms with E-state index in [1.54, 1.807) is 0 Å². The van der Waals surface area contributed by atoms with Crippen molar-refractivity contribution < 1.29 is 15.3 Å². The Labute approximate surface area is 105 Å². The molecule has 1 aliphatic heterocycles. The van der Waals surface area contributed by atoms with E-state index in [1.807, 2.05) is 30.3 Å². The quantitative estimate of drug-likeness (QED) is 0.604. The van der Waals surface area contributed by atoms with E-state index in [1.165, 1.54) is 11.8 Å². The summed E-state index contributed by atoms with van der Waals surface area (Å²) >= 11 is 1.45. The molecule has 4 N–H and O–H groups in total. The zero-order chi connectivity index (χ0) is 12.3. The van der Waals surface area contributed by atoms with Crippen molar-refractivity contribution in [3.8, 4) is 0 Å². The molecule has 4 atom stereocenters. The second-order valence-corrected chi connectivity index (χ2v) is 5.40. The van der Waals surface area contributed by atoms with Crippen LogP contribution in [0.15, 0.2) is 35.2 Å². The number of piperidine rings is 1. The molecule has 0 aromatic heterocycles. The molecule has 0 amide bonds. The fraction of sp³-hybridized carbons (Fsp3) is 0.500. The summed E-state index contributed by atoms with van der Waals surface area (Å²) in [6.45, 7) is 0.270. The third-order valence-electron chi connectivity index (χ3n) is 2.93. The van der Waals surface area contributed by atoms with Gasteiger partial charge in [0.1, 0.15) is 0 Å². The molecule has 1 fully saturated rings. The average Bonchev–Trinajstić information content (AvgIpc) is 2.36. The van der Waals surface area contributed by atoms with Crippen LogP contribution >= 0.6 is 11.8 Å². The van der Waals surface area contributed by atoms with Crippen LogP contribution in [-0.4, -0.2) is 52.0 Å². The summed E-state index contributed by atoms with van der Waals surface area (Å²) in [7, 11) is 0. The van der Waals surface area contributed by atoms with Crippen LogP contribution < -0.4 is 5.32 Å². The molecule has 2 rings (SSSR count). The van der Waals surface area contributed by atoms with E-state index >= 15 is 0 Å². The van der Waals surface area contributed by atoms with Crippen molar-refractivity contribution in [2.45, 2.75) is 28.4 Å². The van der Waals surface area contributed by atoms with Crippen LogP contribution in [0, 0.1) is 0 Å². The monoisotopic (exact) mass is 255 g/mol. The van der Waals surface area contributed by atoms with Gasteiger partial charge in [0.25, 0.3) is 0 Å². The van der Waals surface area contributed by atoms with Crippen molar-refractivity contribution in [3.05, 3.63) is 30.3 Å². The fourth-order valence-corrected chi connectivity index (χ4v) is 3.15. The Morgan fingerprint density at radius 3 is 2.59 bits per heavy atom. The highest BCUT2D eigenvalue weighted by molar-refractivity contribution is 8.00. The molecule has 1 heterocycles. The predicted octanol–water partition coefficient (Wildman–Crippen LogP) is -0.167. The number of hydrogen-bond acceptors (Lipinski definition) is 5. The minimum absolute atomic E-state index is 0.125.